The van der Waals surface area contributed by atoms with Crippen LogP contribution in [0.4, 0.5) is 0 Å². The van der Waals surface area contributed by atoms with Crippen molar-refractivity contribution >= 4 is 21.9 Å². The fourth-order valence-corrected chi connectivity index (χ4v) is 3.05. The predicted octanol–water partition coefficient (Wildman–Crippen LogP) is 3.53. The van der Waals surface area contributed by atoms with E-state index in [9.17, 15) is 0 Å². The fraction of sp³-hybridized carbons (Fsp3) is 0.300. The highest BCUT2D eigenvalue weighted by molar-refractivity contribution is 9.10. The first-order valence-electron chi connectivity index (χ1n) is 9.14. The summed E-state index contributed by atoms with van der Waals surface area (Å²) >= 11 is 3.60. The molecule has 2 heterocycles. The molecule has 1 N–H and O–H groups in total. The molecule has 3 rings (SSSR count). The van der Waals surface area contributed by atoms with Crippen LogP contribution in [0.1, 0.15) is 18.3 Å². The van der Waals surface area contributed by atoms with Gasteiger partial charge in [-0.05, 0) is 30.7 Å². The third-order valence-electron chi connectivity index (χ3n) is 4.01. The average molecular weight is 443 g/mol. The topological polar surface area (TPSA) is 79.4 Å². The van der Waals surface area contributed by atoms with Gasteiger partial charge in [0.1, 0.15) is 5.69 Å². The standard InChI is InChI=1S/C20H23BrN6O/c1-3-22-20(27(2)14-15-8-4-5-9-16(15)21)24-13-11-18-25-19(28-26-18)17-10-6-7-12-23-17/h4-10,12H,3,11,13-14H2,1-2H3,(H,22,24). The molecular formula is C20H23BrN6O. The molecule has 0 amide bonds. The van der Waals surface area contributed by atoms with E-state index in [1.165, 1.54) is 5.56 Å². The minimum atomic E-state index is 0.428. The van der Waals surface area contributed by atoms with Crippen molar-refractivity contribution in [2.75, 3.05) is 20.1 Å². The van der Waals surface area contributed by atoms with Gasteiger partial charge in [0.05, 0.1) is 0 Å². The van der Waals surface area contributed by atoms with Crippen LogP contribution in [-0.4, -0.2) is 46.1 Å². The first-order valence-corrected chi connectivity index (χ1v) is 9.93. The number of guanidine groups is 1. The van der Waals surface area contributed by atoms with Gasteiger partial charge >= 0.3 is 0 Å². The minimum absolute atomic E-state index is 0.428. The van der Waals surface area contributed by atoms with Gasteiger partial charge in [0.2, 0.25) is 0 Å². The Balaban J connectivity index is 1.61. The Labute approximate surface area is 173 Å². The fourth-order valence-electron chi connectivity index (χ4n) is 2.64. The SMILES string of the molecule is CCNC(=NCCc1noc(-c2ccccn2)n1)N(C)Cc1ccccc1Br. The second kappa shape index (κ2) is 9.98. The highest BCUT2D eigenvalue weighted by Crippen LogP contribution is 2.17. The maximum absolute atomic E-state index is 5.29. The molecule has 0 aliphatic carbocycles. The quantitative estimate of drug-likeness (QED) is 0.445. The molecule has 0 bridgehead atoms. The van der Waals surface area contributed by atoms with Crippen molar-refractivity contribution in [2.45, 2.75) is 19.9 Å². The van der Waals surface area contributed by atoms with Crippen LogP contribution in [0.25, 0.3) is 11.6 Å². The first-order chi connectivity index (χ1) is 13.7. The number of nitrogens with zero attached hydrogens (tertiary/aromatic N) is 5. The maximum Gasteiger partial charge on any atom is 0.276 e. The second-order valence-corrected chi connectivity index (χ2v) is 7.02. The summed E-state index contributed by atoms with van der Waals surface area (Å²) in [6, 6.07) is 13.8. The average Bonchev–Trinajstić information content (AvgIpc) is 3.19. The Kier molecular flexibility index (Phi) is 7.13. The molecule has 146 valence electrons. The van der Waals surface area contributed by atoms with Crippen molar-refractivity contribution in [3.63, 3.8) is 0 Å². The lowest BCUT2D eigenvalue weighted by molar-refractivity contribution is 0.421. The van der Waals surface area contributed by atoms with Gasteiger partial charge in [0, 0.05) is 43.8 Å². The van der Waals surface area contributed by atoms with Crippen LogP contribution in [0.15, 0.2) is 62.6 Å². The van der Waals surface area contributed by atoms with E-state index in [0.717, 1.165) is 23.5 Å². The van der Waals surface area contributed by atoms with E-state index >= 15 is 0 Å². The molecule has 0 fully saturated rings. The Morgan fingerprint density at radius 2 is 2.04 bits per heavy atom. The molecule has 0 radical (unpaired) electrons. The Hall–Kier alpha value is -2.74. The van der Waals surface area contributed by atoms with Crippen LogP contribution < -0.4 is 5.32 Å². The van der Waals surface area contributed by atoms with Gasteiger partial charge in [-0.3, -0.25) is 9.98 Å². The number of halogens is 1. The van der Waals surface area contributed by atoms with Gasteiger partial charge in [-0.2, -0.15) is 4.98 Å². The van der Waals surface area contributed by atoms with Crippen molar-refractivity contribution in [1.29, 1.82) is 0 Å². The molecule has 2 aromatic heterocycles. The van der Waals surface area contributed by atoms with E-state index in [1.54, 1.807) is 6.20 Å². The number of aliphatic imine (C=N–C) groups is 1. The largest absolute Gasteiger partial charge is 0.357 e. The van der Waals surface area contributed by atoms with Crippen molar-refractivity contribution in [3.05, 3.63) is 64.5 Å². The van der Waals surface area contributed by atoms with Crippen molar-refractivity contribution in [2.24, 2.45) is 4.99 Å². The summed E-state index contributed by atoms with van der Waals surface area (Å²) in [5, 5.41) is 7.35. The molecule has 0 aliphatic rings. The zero-order valence-corrected chi connectivity index (χ0v) is 17.6. The van der Waals surface area contributed by atoms with Gasteiger partial charge < -0.3 is 14.7 Å². The molecular weight excluding hydrogens is 420 g/mol. The van der Waals surface area contributed by atoms with Gasteiger partial charge in [0.25, 0.3) is 5.89 Å². The van der Waals surface area contributed by atoms with Crippen LogP contribution in [0.5, 0.6) is 0 Å². The third kappa shape index (κ3) is 5.39. The summed E-state index contributed by atoms with van der Waals surface area (Å²) in [6.07, 6.45) is 2.29. The van der Waals surface area contributed by atoms with E-state index < -0.39 is 0 Å². The van der Waals surface area contributed by atoms with Gasteiger partial charge in [-0.25, -0.2) is 0 Å². The summed E-state index contributed by atoms with van der Waals surface area (Å²) in [5.41, 5.74) is 1.88. The summed E-state index contributed by atoms with van der Waals surface area (Å²) in [5.74, 6) is 1.89. The number of nitrogens with one attached hydrogen (secondary N) is 1. The van der Waals surface area contributed by atoms with Gasteiger partial charge in [-0.1, -0.05) is 45.4 Å². The van der Waals surface area contributed by atoms with Crippen LogP contribution in [0.3, 0.4) is 0 Å². The van der Waals surface area contributed by atoms with E-state index in [2.05, 4.69) is 54.3 Å². The van der Waals surface area contributed by atoms with Crippen molar-refractivity contribution in [1.82, 2.24) is 25.3 Å². The predicted molar refractivity (Wildman–Crippen MR) is 113 cm³/mol. The van der Waals surface area contributed by atoms with Crippen molar-refractivity contribution < 1.29 is 4.52 Å². The zero-order chi connectivity index (χ0) is 19.8. The van der Waals surface area contributed by atoms with E-state index in [4.69, 9.17) is 9.52 Å². The highest BCUT2D eigenvalue weighted by atomic mass is 79.9. The number of hydrogen-bond donors (Lipinski definition) is 1. The molecule has 0 atom stereocenters. The molecule has 7 nitrogen and oxygen atoms in total. The number of pyridine rings is 1. The summed E-state index contributed by atoms with van der Waals surface area (Å²) in [4.78, 5) is 15.4. The lowest BCUT2D eigenvalue weighted by Crippen LogP contribution is -2.38. The second-order valence-electron chi connectivity index (χ2n) is 6.16. The lowest BCUT2D eigenvalue weighted by Gasteiger charge is -2.22. The molecule has 28 heavy (non-hydrogen) atoms. The summed E-state index contributed by atoms with van der Waals surface area (Å²) in [7, 11) is 2.02. The zero-order valence-electron chi connectivity index (χ0n) is 16.0. The number of hydrogen-bond acceptors (Lipinski definition) is 5. The van der Waals surface area contributed by atoms with E-state index in [-0.39, 0.29) is 0 Å². The minimum Gasteiger partial charge on any atom is -0.357 e. The molecule has 8 heteroatoms. The van der Waals surface area contributed by atoms with Crippen LogP contribution in [0, 0.1) is 0 Å². The molecule has 3 aromatic rings. The van der Waals surface area contributed by atoms with Crippen LogP contribution in [-0.2, 0) is 13.0 Å². The monoisotopic (exact) mass is 442 g/mol. The Bertz CT molecular complexity index is 912. The number of aromatic nitrogens is 3. The van der Waals surface area contributed by atoms with Crippen LogP contribution in [0.2, 0.25) is 0 Å². The van der Waals surface area contributed by atoms with Gasteiger partial charge in [-0.15, -0.1) is 0 Å². The summed E-state index contributed by atoms with van der Waals surface area (Å²) in [6.45, 7) is 4.16. The molecule has 0 aliphatic heterocycles. The molecule has 0 spiro atoms. The van der Waals surface area contributed by atoms with Crippen LogP contribution >= 0.6 is 15.9 Å². The van der Waals surface area contributed by atoms with E-state index in [0.29, 0.717) is 30.4 Å². The van der Waals surface area contributed by atoms with Crippen molar-refractivity contribution in [3.8, 4) is 11.6 Å². The molecule has 0 unspecified atom stereocenters. The first kappa shape index (κ1) is 20.0. The molecule has 1 aromatic carbocycles. The van der Waals surface area contributed by atoms with E-state index in [1.807, 2.05) is 43.4 Å². The normalized spacial score (nSPS) is 11.5. The Morgan fingerprint density at radius 1 is 1.21 bits per heavy atom. The molecule has 0 saturated heterocycles. The Morgan fingerprint density at radius 3 is 2.79 bits per heavy atom. The maximum atomic E-state index is 5.29. The third-order valence-corrected chi connectivity index (χ3v) is 4.78. The summed E-state index contributed by atoms with van der Waals surface area (Å²) < 4.78 is 6.38. The number of benzene rings is 1. The molecule has 0 saturated carbocycles. The highest BCUT2D eigenvalue weighted by Gasteiger charge is 2.11. The number of rotatable bonds is 7. The van der Waals surface area contributed by atoms with Gasteiger partial charge in [0.15, 0.2) is 11.8 Å². The smallest absolute Gasteiger partial charge is 0.276 e. The lowest BCUT2D eigenvalue weighted by atomic mass is 10.2.